The molecule has 1 unspecified atom stereocenters. The van der Waals surface area contributed by atoms with Crippen LogP contribution in [-0.2, 0) is 4.79 Å². The highest BCUT2D eigenvalue weighted by Crippen LogP contribution is 2.16. The highest BCUT2D eigenvalue weighted by molar-refractivity contribution is 5.73. The van der Waals surface area contributed by atoms with Gasteiger partial charge in [0.25, 0.3) is 0 Å². The largest absolute Gasteiger partial charge is 0.481 e. The number of aliphatic carboxylic acids is 1. The van der Waals surface area contributed by atoms with Gasteiger partial charge in [0.15, 0.2) is 0 Å². The maximum Gasteiger partial charge on any atom is 0.315 e. The van der Waals surface area contributed by atoms with Crippen molar-refractivity contribution in [3.8, 4) is 0 Å². The molecule has 0 aliphatic carbocycles. The molecule has 18 heavy (non-hydrogen) atoms. The zero-order chi connectivity index (χ0) is 13.8. The van der Waals surface area contributed by atoms with E-state index in [-0.39, 0.29) is 12.5 Å². The van der Waals surface area contributed by atoms with Crippen LogP contribution in [0.15, 0.2) is 12.7 Å². The second kappa shape index (κ2) is 10.6. The maximum absolute atomic E-state index is 11.2. The minimum atomic E-state index is -0.757. The van der Waals surface area contributed by atoms with Gasteiger partial charge in [-0.1, -0.05) is 25.8 Å². The molecule has 0 saturated heterocycles. The molecule has 0 fully saturated rings. The summed E-state index contributed by atoms with van der Waals surface area (Å²) >= 11 is 0. The van der Waals surface area contributed by atoms with Crippen molar-refractivity contribution in [2.45, 2.75) is 39.0 Å². The Kier molecular flexibility index (Phi) is 9.73. The van der Waals surface area contributed by atoms with Crippen molar-refractivity contribution in [1.29, 1.82) is 0 Å². The molecule has 0 aromatic heterocycles. The van der Waals surface area contributed by atoms with E-state index in [1.165, 1.54) is 0 Å². The minimum Gasteiger partial charge on any atom is -0.481 e. The predicted molar refractivity (Wildman–Crippen MR) is 71.5 cm³/mol. The van der Waals surface area contributed by atoms with Crippen LogP contribution in [0.3, 0.4) is 0 Å². The summed E-state index contributed by atoms with van der Waals surface area (Å²) in [6, 6.07) is -0.205. The zero-order valence-corrected chi connectivity index (χ0v) is 11.1. The average molecular weight is 256 g/mol. The summed E-state index contributed by atoms with van der Waals surface area (Å²) in [6.45, 7) is 6.61. The van der Waals surface area contributed by atoms with Gasteiger partial charge in [0.2, 0.25) is 0 Å². The lowest BCUT2D eigenvalue weighted by atomic mass is 9.94. The smallest absolute Gasteiger partial charge is 0.315 e. The second-order valence-corrected chi connectivity index (χ2v) is 4.30. The standard InChI is InChI=1S/C13H24N2O3/c1-3-5-11(6-7-12(16)17)8-10-15-13(18)14-9-4-2/h4,11H,2-3,5-10H2,1H3,(H,16,17)(H2,14,15,18). The molecule has 0 aliphatic heterocycles. The van der Waals surface area contributed by atoms with Crippen molar-refractivity contribution in [1.82, 2.24) is 10.6 Å². The van der Waals surface area contributed by atoms with Crippen molar-refractivity contribution in [2.75, 3.05) is 13.1 Å². The Balaban J connectivity index is 3.77. The average Bonchev–Trinajstić information content (AvgIpc) is 2.33. The van der Waals surface area contributed by atoms with Gasteiger partial charge in [0, 0.05) is 19.5 Å². The normalized spacial score (nSPS) is 11.6. The van der Waals surface area contributed by atoms with E-state index in [1.54, 1.807) is 6.08 Å². The molecule has 0 aromatic rings. The van der Waals surface area contributed by atoms with E-state index in [0.29, 0.717) is 25.4 Å². The lowest BCUT2D eigenvalue weighted by Crippen LogP contribution is -2.36. The molecule has 0 heterocycles. The molecule has 5 nitrogen and oxygen atoms in total. The second-order valence-electron chi connectivity index (χ2n) is 4.30. The van der Waals surface area contributed by atoms with Crippen LogP contribution in [0.5, 0.6) is 0 Å². The summed E-state index contributed by atoms with van der Waals surface area (Å²) in [7, 11) is 0. The Bertz CT molecular complexity index is 267. The third kappa shape index (κ3) is 9.69. The van der Waals surface area contributed by atoms with Crippen molar-refractivity contribution >= 4 is 12.0 Å². The van der Waals surface area contributed by atoms with Gasteiger partial charge in [-0.3, -0.25) is 4.79 Å². The van der Waals surface area contributed by atoms with Crippen molar-refractivity contribution in [3.05, 3.63) is 12.7 Å². The quantitative estimate of drug-likeness (QED) is 0.524. The number of carboxylic acid groups (broad SMARTS) is 1. The first-order valence-corrected chi connectivity index (χ1v) is 6.44. The molecule has 0 saturated carbocycles. The molecular weight excluding hydrogens is 232 g/mol. The number of rotatable bonds is 10. The fourth-order valence-corrected chi connectivity index (χ4v) is 1.79. The molecule has 0 radical (unpaired) electrons. The summed E-state index contributed by atoms with van der Waals surface area (Å²) in [5.74, 6) is -0.390. The topological polar surface area (TPSA) is 78.4 Å². The van der Waals surface area contributed by atoms with E-state index in [1.807, 2.05) is 0 Å². The monoisotopic (exact) mass is 256 g/mol. The minimum absolute atomic E-state index is 0.202. The number of amides is 2. The van der Waals surface area contributed by atoms with Crippen LogP contribution >= 0.6 is 0 Å². The fourth-order valence-electron chi connectivity index (χ4n) is 1.79. The highest BCUT2D eigenvalue weighted by Gasteiger charge is 2.10. The number of nitrogens with one attached hydrogen (secondary N) is 2. The van der Waals surface area contributed by atoms with Gasteiger partial charge < -0.3 is 15.7 Å². The van der Waals surface area contributed by atoms with E-state index in [0.717, 1.165) is 19.3 Å². The number of hydrogen-bond acceptors (Lipinski definition) is 2. The molecule has 5 heteroatoms. The van der Waals surface area contributed by atoms with Crippen molar-refractivity contribution in [3.63, 3.8) is 0 Å². The summed E-state index contributed by atoms with van der Waals surface area (Å²) in [5.41, 5.74) is 0. The van der Waals surface area contributed by atoms with Crippen molar-refractivity contribution in [2.24, 2.45) is 5.92 Å². The predicted octanol–water partition coefficient (Wildman–Crippen LogP) is 2.14. The highest BCUT2D eigenvalue weighted by atomic mass is 16.4. The van der Waals surface area contributed by atoms with E-state index >= 15 is 0 Å². The lowest BCUT2D eigenvalue weighted by molar-refractivity contribution is -0.137. The van der Waals surface area contributed by atoms with Gasteiger partial charge in [0.05, 0.1) is 0 Å². The maximum atomic E-state index is 11.2. The summed E-state index contributed by atoms with van der Waals surface area (Å²) in [4.78, 5) is 21.8. The van der Waals surface area contributed by atoms with Crippen LogP contribution in [0.1, 0.15) is 39.0 Å². The molecule has 0 rings (SSSR count). The molecule has 0 aliphatic rings. The Morgan fingerprint density at radius 3 is 2.56 bits per heavy atom. The van der Waals surface area contributed by atoms with Gasteiger partial charge in [-0.05, 0) is 18.8 Å². The van der Waals surface area contributed by atoms with E-state index in [4.69, 9.17) is 5.11 Å². The summed E-state index contributed by atoms with van der Waals surface area (Å²) < 4.78 is 0. The number of urea groups is 1. The number of hydrogen-bond donors (Lipinski definition) is 3. The molecule has 2 amide bonds. The van der Waals surface area contributed by atoms with Crippen LogP contribution < -0.4 is 10.6 Å². The third-order valence-corrected chi connectivity index (χ3v) is 2.71. The van der Waals surface area contributed by atoms with E-state index < -0.39 is 5.97 Å². The molecule has 0 bridgehead atoms. The van der Waals surface area contributed by atoms with Gasteiger partial charge >= 0.3 is 12.0 Å². The molecule has 0 aromatic carbocycles. The van der Waals surface area contributed by atoms with E-state index in [2.05, 4.69) is 24.1 Å². The molecule has 0 spiro atoms. The zero-order valence-electron chi connectivity index (χ0n) is 11.1. The van der Waals surface area contributed by atoms with Crippen LogP contribution in [0, 0.1) is 5.92 Å². The number of carboxylic acids is 1. The Hall–Kier alpha value is -1.52. The Morgan fingerprint density at radius 1 is 1.28 bits per heavy atom. The molecule has 1 atom stereocenters. The van der Waals surface area contributed by atoms with E-state index in [9.17, 15) is 9.59 Å². The van der Waals surface area contributed by atoms with Gasteiger partial charge in [-0.15, -0.1) is 6.58 Å². The summed E-state index contributed by atoms with van der Waals surface area (Å²) in [6.07, 6.45) is 5.36. The fraction of sp³-hybridized carbons (Fsp3) is 0.692. The van der Waals surface area contributed by atoms with Crippen LogP contribution in [0.4, 0.5) is 4.79 Å². The lowest BCUT2D eigenvalue weighted by Gasteiger charge is -2.15. The molecule has 104 valence electrons. The number of carbonyl (C=O) groups excluding carboxylic acids is 1. The first-order valence-electron chi connectivity index (χ1n) is 6.44. The summed E-state index contributed by atoms with van der Waals surface area (Å²) in [5, 5.41) is 14.0. The first-order chi connectivity index (χ1) is 8.60. The first kappa shape index (κ1) is 16.5. The Morgan fingerprint density at radius 2 is 2.00 bits per heavy atom. The van der Waals surface area contributed by atoms with Crippen LogP contribution in [-0.4, -0.2) is 30.2 Å². The number of carbonyl (C=O) groups is 2. The van der Waals surface area contributed by atoms with Gasteiger partial charge in [0.1, 0.15) is 0 Å². The van der Waals surface area contributed by atoms with Crippen LogP contribution in [0.25, 0.3) is 0 Å². The third-order valence-electron chi connectivity index (χ3n) is 2.71. The molecule has 3 N–H and O–H groups in total. The SMILES string of the molecule is C=CCNC(=O)NCCC(CCC)CCC(=O)O. The Labute approximate surface area is 109 Å². The van der Waals surface area contributed by atoms with Gasteiger partial charge in [-0.2, -0.15) is 0 Å². The molecular formula is C13H24N2O3. The van der Waals surface area contributed by atoms with Crippen LogP contribution in [0.2, 0.25) is 0 Å². The van der Waals surface area contributed by atoms with Crippen molar-refractivity contribution < 1.29 is 14.7 Å². The van der Waals surface area contributed by atoms with Gasteiger partial charge in [-0.25, -0.2) is 4.79 Å².